The molecule has 0 bridgehead atoms. The lowest BCUT2D eigenvalue weighted by Crippen LogP contribution is -2.51. The van der Waals surface area contributed by atoms with E-state index in [0.29, 0.717) is 13.1 Å². The number of nitrogens with one attached hydrogen (secondary N) is 1. The Hall–Kier alpha value is -0.620. The van der Waals surface area contributed by atoms with Gasteiger partial charge in [0.2, 0.25) is 15.9 Å². The van der Waals surface area contributed by atoms with E-state index in [0.717, 1.165) is 6.42 Å². The van der Waals surface area contributed by atoms with Crippen molar-refractivity contribution in [2.45, 2.75) is 60.9 Å². The molecule has 0 radical (unpaired) electrons. The van der Waals surface area contributed by atoms with E-state index in [1.165, 1.54) is 17.5 Å². The number of carbonyl (C=O) groups is 1. The largest absolute Gasteiger partial charge is 0.352 e. The Bertz CT molecular complexity index is 445. The third-order valence-corrected chi connectivity index (χ3v) is 4.66. The second kappa shape index (κ2) is 7.09. The summed E-state index contributed by atoms with van der Waals surface area (Å²) in [6, 6.07) is -0.218. The molecule has 0 rings (SSSR count). The third-order valence-electron chi connectivity index (χ3n) is 3.39. The van der Waals surface area contributed by atoms with Crippen molar-refractivity contribution in [3.8, 4) is 0 Å². The van der Waals surface area contributed by atoms with Crippen molar-refractivity contribution < 1.29 is 13.2 Å². The normalized spacial score (nSPS) is 15.1. The highest BCUT2D eigenvalue weighted by Gasteiger charge is 2.31. The molecule has 0 saturated heterocycles. The van der Waals surface area contributed by atoms with Crippen molar-refractivity contribution in [1.82, 2.24) is 9.62 Å². The van der Waals surface area contributed by atoms with Crippen LogP contribution in [0.2, 0.25) is 0 Å². The quantitative estimate of drug-likeness (QED) is 0.816. The van der Waals surface area contributed by atoms with Crippen molar-refractivity contribution in [2.24, 2.45) is 10.8 Å². The van der Waals surface area contributed by atoms with Gasteiger partial charge in [-0.3, -0.25) is 4.79 Å². The second-order valence-electron chi connectivity index (χ2n) is 8.05. The minimum Gasteiger partial charge on any atom is -0.352 e. The van der Waals surface area contributed by atoms with E-state index in [-0.39, 0.29) is 22.8 Å². The van der Waals surface area contributed by atoms with Gasteiger partial charge in [0.05, 0.1) is 6.26 Å². The van der Waals surface area contributed by atoms with Crippen LogP contribution in [-0.2, 0) is 14.8 Å². The molecule has 5 nitrogen and oxygen atoms in total. The van der Waals surface area contributed by atoms with Gasteiger partial charge in [-0.25, -0.2) is 12.7 Å². The molecule has 1 amide bonds. The molecule has 6 heteroatoms. The molecule has 126 valence electrons. The van der Waals surface area contributed by atoms with Gasteiger partial charge in [0.25, 0.3) is 0 Å². The van der Waals surface area contributed by atoms with E-state index in [9.17, 15) is 13.2 Å². The first-order valence-electron chi connectivity index (χ1n) is 7.35. The fraction of sp³-hybridized carbons (Fsp3) is 0.933. The highest BCUT2D eigenvalue weighted by Crippen LogP contribution is 2.23. The molecule has 0 aromatic rings. The first-order chi connectivity index (χ1) is 9.13. The minimum atomic E-state index is -3.30. The Morgan fingerprint density at radius 2 is 1.62 bits per heavy atom. The molecule has 0 aliphatic rings. The Kier molecular flexibility index (Phi) is 6.88. The number of carbonyl (C=O) groups excluding carboxylic acids is 1. The number of hydrogen-bond donors (Lipinski definition) is 1. The molecule has 0 heterocycles. The van der Waals surface area contributed by atoms with Crippen molar-refractivity contribution in [3.63, 3.8) is 0 Å². The van der Waals surface area contributed by atoms with Crippen molar-refractivity contribution in [2.75, 3.05) is 19.3 Å². The lowest BCUT2D eigenvalue weighted by atomic mass is 9.86. The molecule has 0 saturated carbocycles. The van der Waals surface area contributed by atoms with E-state index < -0.39 is 10.0 Å². The lowest BCUT2D eigenvalue weighted by molar-refractivity contribution is -0.120. The SMILES string of the molecule is CC(=O)N[C@H](CN(CCC(C)(C)C)S(C)(=O)=O)C(C)(C)C. The summed E-state index contributed by atoms with van der Waals surface area (Å²) in [5.74, 6) is -0.140. The van der Waals surface area contributed by atoms with E-state index in [2.05, 4.69) is 26.1 Å². The number of nitrogens with zero attached hydrogens (tertiary/aromatic N) is 1. The first kappa shape index (κ1) is 20.4. The van der Waals surface area contributed by atoms with Gasteiger partial charge >= 0.3 is 0 Å². The van der Waals surface area contributed by atoms with Gasteiger partial charge in [-0.2, -0.15) is 0 Å². The van der Waals surface area contributed by atoms with E-state index in [1.54, 1.807) is 0 Å². The van der Waals surface area contributed by atoms with Crippen molar-refractivity contribution in [3.05, 3.63) is 0 Å². The van der Waals surface area contributed by atoms with Crippen LogP contribution >= 0.6 is 0 Å². The van der Waals surface area contributed by atoms with E-state index in [1.807, 2.05) is 20.8 Å². The molecule has 0 fully saturated rings. The zero-order chi connectivity index (χ0) is 17.1. The van der Waals surface area contributed by atoms with Crippen molar-refractivity contribution in [1.29, 1.82) is 0 Å². The molecular weight excluding hydrogens is 288 g/mol. The van der Waals surface area contributed by atoms with Crippen LogP contribution in [0.25, 0.3) is 0 Å². The summed E-state index contributed by atoms with van der Waals surface area (Å²) in [5, 5.41) is 2.87. The van der Waals surface area contributed by atoms with E-state index >= 15 is 0 Å². The summed E-state index contributed by atoms with van der Waals surface area (Å²) in [6.45, 7) is 14.5. The number of hydrogen-bond acceptors (Lipinski definition) is 3. The molecule has 0 aliphatic carbocycles. The van der Waals surface area contributed by atoms with Gasteiger partial charge in [0, 0.05) is 26.1 Å². The topological polar surface area (TPSA) is 66.5 Å². The first-order valence-corrected chi connectivity index (χ1v) is 9.20. The fourth-order valence-corrected chi connectivity index (χ4v) is 2.68. The Morgan fingerprint density at radius 1 is 1.14 bits per heavy atom. The monoisotopic (exact) mass is 320 g/mol. The highest BCUT2D eigenvalue weighted by atomic mass is 32.2. The molecule has 0 spiro atoms. The summed E-state index contributed by atoms with van der Waals surface area (Å²) in [6.07, 6.45) is 2.00. The second-order valence-corrected chi connectivity index (χ2v) is 10.0. The number of rotatable bonds is 6. The predicted octanol–water partition coefficient (Wildman–Crippen LogP) is 2.23. The highest BCUT2D eigenvalue weighted by molar-refractivity contribution is 7.88. The molecule has 0 aromatic heterocycles. The van der Waals surface area contributed by atoms with Gasteiger partial charge < -0.3 is 5.32 Å². The van der Waals surface area contributed by atoms with Crippen LogP contribution in [0.1, 0.15) is 54.9 Å². The summed E-state index contributed by atoms with van der Waals surface area (Å²) in [5.41, 5.74) is -0.148. The van der Waals surface area contributed by atoms with Crippen LogP contribution in [0.5, 0.6) is 0 Å². The van der Waals surface area contributed by atoms with Crippen molar-refractivity contribution >= 4 is 15.9 Å². The molecule has 0 aliphatic heterocycles. The average molecular weight is 320 g/mol. The van der Waals surface area contributed by atoms with Crippen LogP contribution in [-0.4, -0.2) is 44.0 Å². The van der Waals surface area contributed by atoms with Gasteiger partial charge in [0.15, 0.2) is 0 Å². The summed E-state index contributed by atoms with van der Waals surface area (Å²) >= 11 is 0. The summed E-state index contributed by atoms with van der Waals surface area (Å²) in [4.78, 5) is 11.4. The number of sulfonamides is 1. The minimum absolute atomic E-state index is 0.0637. The third kappa shape index (κ3) is 9.09. The van der Waals surface area contributed by atoms with Gasteiger partial charge in [0.1, 0.15) is 0 Å². The molecule has 21 heavy (non-hydrogen) atoms. The van der Waals surface area contributed by atoms with Crippen LogP contribution < -0.4 is 5.32 Å². The Morgan fingerprint density at radius 3 is 1.90 bits per heavy atom. The lowest BCUT2D eigenvalue weighted by Gasteiger charge is -2.35. The molecule has 1 N–H and O–H groups in total. The van der Waals surface area contributed by atoms with Crippen LogP contribution in [0.15, 0.2) is 0 Å². The molecule has 0 aromatic carbocycles. The maximum Gasteiger partial charge on any atom is 0.217 e. The molecular formula is C15H32N2O3S. The Balaban J connectivity index is 5.12. The average Bonchev–Trinajstić information content (AvgIpc) is 2.16. The van der Waals surface area contributed by atoms with Crippen LogP contribution in [0.4, 0.5) is 0 Å². The van der Waals surface area contributed by atoms with Crippen LogP contribution in [0.3, 0.4) is 0 Å². The molecule has 1 atom stereocenters. The standard InChI is InChI=1S/C15H32N2O3S/c1-12(18)16-13(15(5,6)7)11-17(21(8,19)20)10-9-14(2,3)4/h13H,9-11H2,1-8H3,(H,16,18)/t13-/m1/s1. The summed E-state index contributed by atoms with van der Waals surface area (Å²) in [7, 11) is -3.30. The zero-order valence-corrected chi connectivity index (χ0v) is 15.6. The Labute approximate surface area is 130 Å². The van der Waals surface area contributed by atoms with Gasteiger partial charge in [-0.1, -0.05) is 41.5 Å². The number of amides is 1. The maximum absolute atomic E-state index is 12.0. The smallest absolute Gasteiger partial charge is 0.217 e. The van der Waals surface area contributed by atoms with Gasteiger partial charge in [-0.15, -0.1) is 0 Å². The fourth-order valence-electron chi connectivity index (χ4n) is 1.84. The van der Waals surface area contributed by atoms with E-state index in [4.69, 9.17) is 0 Å². The van der Waals surface area contributed by atoms with Crippen LogP contribution in [0, 0.1) is 10.8 Å². The van der Waals surface area contributed by atoms with Gasteiger partial charge in [-0.05, 0) is 17.3 Å². The summed E-state index contributed by atoms with van der Waals surface area (Å²) < 4.78 is 25.5. The maximum atomic E-state index is 12.0. The predicted molar refractivity (Wildman–Crippen MR) is 87.5 cm³/mol. The zero-order valence-electron chi connectivity index (χ0n) is 14.8. The molecule has 0 unspecified atom stereocenters.